The van der Waals surface area contributed by atoms with Crippen molar-refractivity contribution >= 4 is 11.4 Å². The van der Waals surface area contributed by atoms with Crippen molar-refractivity contribution in [2.75, 3.05) is 31.2 Å². The zero-order chi connectivity index (χ0) is 15.7. The van der Waals surface area contributed by atoms with Gasteiger partial charge in [0.05, 0.1) is 24.2 Å². The molecule has 0 aliphatic heterocycles. The molecule has 118 valence electrons. The summed E-state index contributed by atoms with van der Waals surface area (Å²) in [6, 6.07) is 4.77. The van der Waals surface area contributed by atoms with Gasteiger partial charge in [0.25, 0.3) is 5.69 Å². The van der Waals surface area contributed by atoms with Crippen molar-refractivity contribution in [2.24, 2.45) is 0 Å². The Hall–Kier alpha value is -1.82. The van der Waals surface area contributed by atoms with Crippen LogP contribution in [0.1, 0.15) is 33.1 Å². The van der Waals surface area contributed by atoms with Gasteiger partial charge < -0.3 is 14.7 Å². The third-order valence-electron chi connectivity index (χ3n) is 3.08. The molecule has 0 aliphatic rings. The second kappa shape index (κ2) is 9.18. The van der Waals surface area contributed by atoms with E-state index >= 15 is 0 Å². The average molecular weight is 296 g/mol. The zero-order valence-corrected chi connectivity index (χ0v) is 12.7. The molecule has 6 nitrogen and oxygen atoms in total. The van der Waals surface area contributed by atoms with Crippen molar-refractivity contribution < 1.29 is 14.8 Å². The lowest BCUT2D eigenvalue weighted by molar-refractivity contribution is -0.384. The van der Waals surface area contributed by atoms with E-state index in [0.29, 0.717) is 18.9 Å². The van der Waals surface area contributed by atoms with Crippen LogP contribution in [0.15, 0.2) is 18.2 Å². The normalized spacial score (nSPS) is 10.4. The molecule has 0 unspecified atom stereocenters. The number of nitro benzene ring substituents is 1. The molecule has 1 aromatic rings. The summed E-state index contributed by atoms with van der Waals surface area (Å²) in [4.78, 5) is 12.6. The number of nitro groups is 1. The highest BCUT2D eigenvalue weighted by Gasteiger charge is 2.14. The second-order valence-corrected chi connectivity index (χ2v) is 4.85. The van der Waals surface area contributed by atoms with Crippen molar-refractivity contribution in [1.29, 1.82) is 0 Å². The first-order valence-corrected chi connectivity index (χ1v) is 7.40. The van der Waals surface area contributed by atoms with Crippen LogP contribution in [0, 0.1) is 10.1 Å². The lowest BCUT2D eigenvalue weighted by Gasteiger charge is -2.24. The van der Waals surface area contributed by atoms with E-state index in [4.69, 9.17) is 4.74 Å². The Balaban J connectivity index is 3.05. The number of nitrogens with zero attached hydrogens (tertiary/aromatic N) is 2. The Kier molecular flexibility index (Phi) is 7.53. The van der Waals surface area contributed by atoms with Crippen molar-refractivity contribution in [3.63, 3.8) is 0 Å². The minimum atomic E-state index is -0.417. The largest absolute Gasteiger partial charge is 0.493 e. The predicted octanol–water partition coefficient (Wildman–Crippen LogP) is 2.98. The highest BCUT2D eigenvalue weighted by molar-refractivity contribution is 5.58. The molecule has 0 bridgehead atoms. The van der Waals surface area contributed by atoms with Gasteiger partial charge in [-0.3, -0.25) is 10.1 Å². The van der Waals surface area contributed by atoms with Gasteiger partial charge in [-0.1, -0.05) is 20.3 Å². The Morgan fingerprint density at radius 3 is 2.57 bits per heavy atom. The topological polar surface area (TPSA) is 75.8 Å². The SMILES string of the molecule is CCCCN(CCO)c1cc(OCCC)cc([N+](=O)[O-])c1. The van der Waals surface area contributed by atoms with Gasteiger partial charge in [-0.25, -0.2) is 0 Å². The third-order valence-corrected chi connectivity index (χ3v) is 3.08. The van der Waals surface area contributed by atoms with Gasteiger partial charge in [0.15, 0.2) is 0 Å². The summed E-state index contributed by atoms with van der Waals surface area (Å²) >= 11 is 0. The Bertz CT molecular complexity index is 451. The fourth-order valence-electron chi connectivity index (χ4n) is 2.00. The average Bonchev–Trinajstić information content (AvgIpc) is 2.49. The standard InChI is InChI=1S/C15H24N2O4/c1-3-5-6-16(7-8-18)13-10-14(17(19)20)12-15(11-13)21-9-4-2/h10-12,18H,3-9H2,1-2H3. The van der Waals surface area contributed by atoms with Crippen LogP contribution in [0.2, 0.25) is 0 Å². The molecular formula is C15H24N2O4. The number of ether oxygens (including phenoxy) is 1. The van der Waals surface area contributed by atoms with Gasteiger partial charge in [-0.05, 0) is 12.8 Å². The molecule has 0 saturated carbocycles. The van der Waals surface area contributed by atoms with Gasteiger partial charge in [-0.15, -0.1) is 0 Å². The van der Waals surface area contributed by atoms with Crippen molar-refractivity contribution in [1.82, 2.24) is 0 Å². The van der Waals surface area contributed by atoms with Crippen LogP contribution in [-0.2, 0) is 0 Å². The van der Waals surface area contributed by atoms with E-state index in [9.17, 15) is 15.2 Å². The Morgan fingerprint density at radius 2 is 2.00 bits per heavy atom. The van der Waals surface area contributed by atoms with Gasteiger partial charge >= 0.3 is 0 Å². The molecule has 0 amide bonds. The fourth-order valence-corrected chi connectivity index (χ4v) is 2.00. The zero-order valence-electron chi connectivity index (χ0n) is 12.7. The minimum absolute atomic E-state index is 0.0115. The van der Waals surface area contributed by atoms with E-state index in [0.717, 1.165) is 31.5 Å². The van der Waals surface area contributed by atoms with E-state index < -0.39 is 4.92 Å². The summed E-state index contributed by atoms with van der Waals surface area (Å²) in [6.45, 7) is 5.81. The number of unbranched alkanes of at least 4 members (excludes halogenated alkanes) is 1. The van der Waals surface area contributed by atoms with Crippen molar-refractivity contribution in [2.45, 2.75) is 33.1 Å². The molecule has 1 N–H and O–H groups in total. The highest BCUT2D eigenvalue weighted by atomic mass is 16.6. The molecule has 0 fully saturated rings. The van der Waals surface area contributed by atoms with Crippen LogP contribution < -0.4 is 9.64 Å². The van der Waals surface area contributed by atoms with Gasteiger partial charge in [0.1, 0.15) is 5.75 Å². The first-order chi connectivity index (χ1) is 10.1. The van der Waals surface area contributed by atoms with E-state index in [2.05, 4.69) is 6.92 Å². The van der Waals surface area contributed by atoms with Crippen LogP contribution in [0.4, 0.5) is 11.4 Å². The third kappa shape index (κ3) is 5.59. The molecule has 0 aromatic heterocycles. The molecule has 0 heterocycles. The van der Waals surface area contributed by atoms with Crippen LogP contribution >= 0.6 is 0 Å². The fraction of sp³-hybridized carbons (Fsp3) is 0.600. The number of hydrogen-bond acceptors (Lipinski definition) is 5. The quantitative estimate of drug-likeness (QED) is 0.530. The molecule has 0 radical (unpaired) electrons. The molecule has 0 atom stereocenters. The van der Waals surface area contributed by atoms with Crippen LogP contribution in [-0.4, -0.2) is 36.3 Å². The molecular weight excluding hydrogens is 272 g/mol. The molecule has 1 rings (SSSR count). The highest BCUT2D eigenvalue weighted by Crippen LogP contribution is 2.29. The molecule has 0 saturated heterocycles. The minimum Gasteiger partial charge on any atom is -0.493 e. The van der Waals surface area contributed by atoms with Gasteiger partial charge in [-0.2, -0.15) is 0 Å². The van der Waals surface area contributed by atoms with Crippen LogP contribution in [0.5, 0.6) is 5.75 Å². The summed E-state index contributed by atoms with van der Waals surface area (Å²) in [7, 11) is 0. The van der Waals surface area contributed by atoms with E-state index in [-0.39, 0.29) is 12.3 Å². The van der Waals surface area contributed by atoms with E-state index in [1.54, 1.807) is 6.07 Å². The van der Waals surface area contributed by atoms with Crippen LogP contribution in [0.25, 0.3) is 0 Å². The first kappa shape index (κ1) is 17.2. The summed E-state index contributed by atoms with van der Waals surface area (Å²) in [6.07, 6.45) is 2.83. The van der Waals surface area contributed by atoms with Crippen molar-refractivity contribution in [3.05, 3.63) is 28.3 Å². The summed E-state index contributed by atoms with van der Waals surface area (Å²) in [5.74, 6) is 0.500. The molecule has 21 heavy (non-hydrogen) atoms. The van der Waals surface area contributed by atoms with Gasteiger partial charge in [0.2, 0.25) is 0 Å². The van der Waals surface area contributed by atoms with Crippen molar-refractivity contribution in [3.8, 4) is 5.75 Å². The number of hydrogen-bond donors (Lipinski definition) is 1. The van der Waals surface area contributed by atoms with E-state index in [1.165, 1.54) is 12.1 Å². The molecule has 1 aromatic carbocycles. The number of anilines is 1. The maximum absolute atomic E-state index is 11.1. The Labute approximate surface area is 125 Å². The first-order valence-electron chi connectivity index (χ1n) is 7.40. The van der Waals surface area contributed by atoms with Crippen LogP contribution in [0.3, 0.4) is 0 Å². The van der Waals surface area contributed by atoms with Gasteiger partial charge in [0, 0.05) is 30.9 Å². The summed E-state index contributed by atoms with van der Waals surface area (Å²) in [5, 5.41) is 20.2. The maximum atomic E-state index is 11.1. The molecule has 0 aliphatic carbocycles. The smallest absolute Gasteiger partial charge is 0.275 e. The molecule has 0 spiro atoms. The molecule has 6 heteroatoms. The lowest BCUT2D eigenvalue weighted by Crippen LogP contribution is -2.27. The number of rotatable bonds is 10. The second-order valence-electron chi connectivity index (χ2n) is 4.85. The predicted molar refractivity (Wildman–Crippen MR) is 83.1 cm³/mol. The van der Waals surface area contributed by atoms with E-state index in [1.807, 2.05) is 11.8 Å². The summed E-state index contributed by atoms with van der Waals surface area (Å²) in [5.41, 5.74) is 0.732. The number of benzene rings is 1. The maximum Gasteiger partial charge on any atom is 0.275 e. The Morgan fingerprint density at radius 1 is 1.24 bits per heavy atom. The number of aliphatic hydroxyl groups is 1. The monoisotopic (exact) mass is 296 g/mol. The number of non-ortho nitro benzene ring substituents is 1. The lowest BCUT2D eigenvalue weighted by atomic mass is 10.2. The summed E-state index contributed by atoms with van der Waals surface area (Å²) < 4.78 is 5.53. The number of aliphatic hydroxyl groups excluding tert-OH is 1.